The van der Waals surface area contributed by atoms with Crippen molar-refractivity contribution in [2.45, 2.75) is 20.3 Å². The zero-order valence-corrected chi connectivity index (χ0v) is 10.1. The van der Waals surface area contributed by atoms with Crippen molar-refractivity contribution in [3.63, 3.8) is 0 Å². The zero-order valence-electron chi connectivity index (χ0n) is 8.50. The summed E-state index contributed by atoms with van der Waals surface area (Å²) in [6, 6.07) is 0. The van der Waals surface area contributed by atoms with Crippen LogP contribution in [-0.4, -0.2) is 23.1 Å². The van der Waals surface area contributed by atoms with E-state index >= 15 is 0 Å². The quantitative estimate of drug-likeness (QED) is 0.899. The number of halogens is 1. The van der Waals surface area contributed by atoms with Crippen molar-refractivity contribution < 1.29 is 0 Å². The van der Waals surface area contributed by atoms with Crippen LogP contribution in [0.2, 0.25) is 0 Å². The molecule has 1 aromatic rings. The van der Waals surface area contributed by atoms with E-state index in [0.717, 1.165) is 29.8 Å². The van der Waals surface area contributed by atoms with E-state index in [1.54, 1.807) is 0 Å². The second kappa shape index (κ2) is 5.14. The molecule has 0 saturated heterocycles. The molecule has 1 aromatic heterocycles. The van der Waals surface area contributed by atoms with Crippen LogP contribution in [0.1, 0.15) is 20.3 Å². The molecule has 0 aliphatic carbocycles. The van der Waals surface area contributed by atoms with E-state index in [-0.39, 0.29) is 0 Å². The molecular weight excluding hydrogens is 244 g/mol. The Morgan fingerprint density at radius 2 is 2.14 bits per heavy atom. The molecule has 78 valence electrons. The first kappa shape index (κ1) is 11.2. The zero-order chi connectivity index (χ0) is 10.6. The highest BCUT2D eigenvalue weighted by atomic mass is 79.9. The Balaban J connectivity index is 2.97. The molecule has 0 spiro atoms. The summed E-state index contributed by atoms with van der Waals surface area (Å²) < 4.78 is 0.787. The molecule has 2 N–H and O–H groups in total. The standard InChI is InChI=1S/C9H15BrN4/c1-3-5-14(4-2)9-7(10)8(11)12-6-13-9/h6H,3-5H2,1-2H3,(H2,11,12,13). The van der Waals surface area contributed by atoms with Crippen molar-refractivity contribution in [2.75, 3.05) is 23.7 Å². The molecule has 5 heteroatoms. The van der Waals surface area contributed by atoms with Crippen molar-refractivity contribution in [2.24, 2.45) is 0 Å². The largest absolute Gasteiger partial charge is 0.383 e. The molecule has 1 rings (SSSR count). The fraction of sp³-hybridized carbons (Fsp3) is 0.556. The Bertz CT molecular complexity index is 303. The normalized spacial score (nSPS) is 10.2. The molecule has 1 heterocycles. The van der Waals surface area contributed by atoms with Crippen molar-refractivity contribution in [3.05, 3.63) is 10.8 Å². The second-order valence-corrected chi connectivity index (χ2v) is 3.77. The number of nitrogens with zero attached hydrogens (tertiary/aromatic N) is 3. The minimum atomic E-state index is 0.490. The van der Waals surface area contributed by atoms with Gasteiger partial charge >= 0.3 is 0 Å². The first-order valence-corrected chi connectivity index (χ1v) is 5.50. The minimum absolute atomic E-state index is 0.490. The van der Waals surface area contributed by atoms with Gasteiger partial charge in [-0.2, -0.15) is 0 Å². The molecule has 0 unspecified atom stereocenters. The number of aromatic nitrogens is 2. The topological polar surface area (TPSA) is 55.0 Å². The highest BCUT2D eigenvalue weighted by Crippen LogP contribution is 2.27. The van der Waals surface area contributed by atoms with Crippen LogP contribution < -0.4 is 10.6 Å². The average Bonchev–Trinajstić information content (AvgIpc) is 2.19. The Morgan fingerprint density at radius 3 is 2.71 bits per heavy atom. The smallest absolute Gasteiger partial charge is 0.148 e. The molecule has 14 heavy (non-hydrogen) atoms. The SMILES string of the molecule is CCCN(CC)c1ncnc(N)c1Br. The molecule has 0 amide bonds. The molecule has 0 bridgehead atoms. The Morgan fingerprint density at radius 1 is 1.43 bits per heavy atom. The summed E-state index contributed by atoms with van der Waals surface area (Å²) >= 11 is 3.40. The Labute approximate surface area is 92.7 Å². The van der Waals surface area contributed by atoms with Crippen LogP contribution in [0.4, 0.5) is 11.6 Å². The summed E-state index contributed by atoms with van der Waals surface area (Å²) in [5.74, 6) is 1.37. The summed E-state index contributed by atoms with van der Waals surface area (Å²) in [7, 11) is 0. The summed E-state index contributed by atoms with van der Waals surface area (Å²) in [6.07, 6.45) is 2.58. The van der Waals surface area contributed by atoms with E-state index in [2.05, 4.69) is 44.6 Å². The number of hydrogen-bond donors (Lipinski definition) is 1. The van der Waals surface area contributed by atoms with Crippen LogP contribution in [0.5, 0.6) is 0 Å². The second-order valence-electron chi connectivity index (χ2n) is 2.98. The molecule has 0 fully saturated rings. The van der Waals surface area contributed by atoms with Crippen molar-refractivity contribution in [3.8, 4) is 0 Å². The van der Waals surface area contributed by atoms with Crippen molar-refractivity contribution in [1.29, 1.82) is 0 Å². The van der Waals surface area contributed by atoms with E-state index in [9.17, 15) is 0 Å². The van der Waals surface area contributed by atoms with Crippen LogP contribution in [0.15, 0.2) is 10.8 Å². The predicted octanol–water partition coefficient (Wildman–Crippen LogP) is 2.06. The van der Waals surface area contributed by atoms with Gasteiger partial charge in [-0.3, -0.25) is 0 Å². The maximum atomic E-state index is 5.68. The van der Waals surface area contributed by atoms with E-state index in [4.69, 9.17) is 5.73 Å². The van der Waals surface area contributed by atoms with E-state index < -0.39 is 0 Å². The minimum Gasteiger partial charge on any atom is -0.383 e. The van der Waals surface area contributed by atoms with Gasteiger partial charge in [-0.25, -0.2) is 9.97 Å². The summed E-state index contributed by atoms with van der Waals surface area (Å²) in [5, 5.41) is 0. The van der Waals surface area contributed by atoms with Gasteiger partial charge in [0.2, 0.25) is 0 Å². The molecule has 0 aliphatic rings. The van der Waals surface area contributed by atoms with Crippen LogP contribution >= 0.6 is 15.9 Å². The van der Waals surface area contributed by atoms with Gasteiger partial charge in [-0.15, -0.1) is 0 Å². The highest BCUT2D eigenvalue weighted by molar-refractivity contribution is 9.10. The van der Waals surface area contributed by atoms with Crippen molar-refractivity contribution >= 4 is 27.6 Å². The Kier molecular flexibility index (Phi) is 4.13. The van der Waals surface area contributed by atoms with E-state index in [0.29, 0.717) is 5.82 Å². The number of rotatable bonds is 4. The molecule has 0 aliphatic heterocycles. The van der Waals surface area contributed by atoms with Crippen LogP contribution in [0, 0.1) is 0 Å². The molecule has 0 atom stereocenters. The molecule has 0 radical (unpaired) electrons. The monoisotopic (exact) mass is 258 g/mol. The van der Waals surface area contributed by atoms with Gasteiger partial charge in [0.25, 0.3) is 0 Å². The first-order valence-electron chi connectivity index (χ1n) is 4.71. The predicted molar refractivity (Wildman–Crippen MR) is 62.3 cm³/mol. The van der Waals surface area contributed by atoms with Crippen LogP contribution in [0.3, 0.4) is 0 Å². The lowest BCUT2D eigenvalue weighted by Gasteiger charge is -2.22. The lowest BCUT2D eigenvalue weighted by molar-refractivity contribution is 0.774. The fourth-order valence-electron chi connectivity index (χ4n) is 1.28. The number of anilines is 2. The van der Waals surface area contributed by atoms with Gasteiger partial charge < -0.3 is 10.6 Å². The molecule has 0 saturated carbocycles. The Hall–Kier alpha value is -0.840. The van der Waals surface area contributed by atoms with Crippen LogP contribution in [-0.2, 0) is 0 Å². The van der Waals surface area contributed by atoms with Gasteiger partial charge in [0.05, 0.1) is 0 Å². The van der Waals surface area contributed by atoms with Gasteiger partial charge in [-0.1, -0.05) is 6.92 Å². The van der Waals surface area contributed by atoms with E-state index in [1.165, 1.54) is 6.33 Å². The number of nitrogens with two attached hydrogens (primary N) is 1. The third-order valence-electron chi connectivity index (χ3n) is 1.97. The highest BCUT2D eigenvalue weighted by Gasteiger charge is 2.11. The van der Waals surface area contributed by atoms with Gasteiger partial charge in [0, 0.05) is 13.1 Å². The maximum Gasteiger partial charge on any atom is 0.148 e. The number of nitrogen functional groups attached to an aromatic ring is 1. The summed E-state index contributed by atoms with van der Waals surface area (Å²) in [4.78, 5) is 10.3. The molecular formula is C9H15BrN4. The van der Waals surface area contributed by atoms with Gasteiger partial charge in [0.1, 0.15) is 22.4 Å². The third kappa shape index (κ3) is 2.35. The molecule has 0 aromatic carbocycles. The average molecular weight is 259 g/mol. The lowest BCUT2D eigenvalue weighted by atomic mass is 10.4. The summed E-state index contributed by atoms with van der Waals surface area (Å²) in [5.41, 5.74) is 5.68. The van der Waals surface area contributed by atoms with E-state index in [1.807, 2.05) is 0 Å². The fourth-order valence-corrected chi connectivity index (χ4v) is 1.73. The summed E-state index contributed by atoms with van der Waals surface area (Å²) in [6.45, 7) is 6.13. The van der Waals surface area contributed by atoms with Gasteiger partial charge in [-0.05, 0) is 29.3 Å². The number of hydrogen-bond acceptors (Lipinski definition) is 4. The molecule has 4 nitrogen and oxygen atoms in total. The first-order chi connectivity index (χ1) is 6.70. The van der Waals surface area contributed by atoms with Crippen LogP contribution in [0.25, 0.3) is 0 Å². The lowest BCUT2D eigenvalue weighted by Crippen LogP contribution is -2.25. The maximum absolute atomic E-state index is 5.68. The van der Waals surface area contributed by atoms with Gasteiger partial charge in [0.15, 0.2) is 0 Å². The third-order valence-corrected chi connectivity index (χ3v) is 2.73. The van der Waals surface area contributed by atoms with Crippen molar-refractivity contribution in [1.82, 2.24) is 9.97 Å².